The maximum absolute atomic E-state index is 12.5. The molecule has 0 spiro atoms. The number of carbonyl (C=O) groups excluding carboxylic acids is 2. The van der Waals surface area contributed by atoms with Gasteiger partial charge in [0.25, 0.3) is 11.8 Å². The van der Waals surface area contributed by atoms with E-state index in [0.29, 0.717) is 0 Å². The Kier molecular flexibility index (Phi) is 5.39. The fourth-order valence-corrected chi connectivity index (χ4v) is 3.94. The number of nitrogens with zero attached hydrogens (tertiary/aromatic N) is 3. The van der Waals surface area contributed by atoms with E-state index in [0.717, 1.165) is 11.3 Å². The molecule has 27 heavy (non-hydrogen) atoms. The quantitative estimate of drug-likeness (QED) is 0.172. The Labute approximate surface area is 156 Å². The van der Waals surface area contributed by atoms with Crippen LogP contribution in [0.4, 0.5) is 5.13 Å². The molecule has 148 valence electrons. The number of thiazole rings is 1. The molecule has 1 atom stereocenters. The number of carbonyl (C=O) groups is 3. The average molecular weight is 421 g/mol. The van der Waals surface area contributed by atoms with Gasteiger partial charge >= 0.3 is 16.3 Å². The molecule has 0 saturated carbocycles. The molecule has 1 aliphatic heterocycles. The number of nitrogen functional groups attached to an aromatic ring is 1. The van der Waals surface area contributed by atoms with Crippen LogP contribution in [0.5, 0.6) is 0 Å². The van der Waals surface area contributed by atoms with Crippen molar-refractivity contribution in [3.63, 3.8) is 0 Å². The van der Waals surface area contributed by atoms with E-state index in [9.17, 15) is 22.8 Å². The maximum atomic E-state index is 12.5. The highest BCUT2D eigenvalue weighted by atomic mass is 32.2. The van der Waals surface area contributed by atoms with Crippen molar-refractivity contribution >= 4 is 50.3 Å². The first-order valence-electron chi connectivity index (χ1n) is 7.11. The van der Waals surface area contributed by atoms with Crippen molar-refractivity contribution in [2.75, 3.05) is 12.3 Å². The number of nitrogens with two attached hydrogens (primary N) is 1. The summed E-state index contributed by atoms with van der Waals surface area (Å²) in [6.07, 6.45) is 0. The Balaban J connectivity index is 2.24. The number of carboxylic acids is 1. The second-order valence-corrected chi connectivity index (χ2v) is 7.97. The summed E-state index contributed by atoms with van der Waals surface area (Å²) < 4.78 is 31.8. The van der Waals surface area contributed by atoms with E-state index in [4.69, 9.17) is 15.4 Å². The van der Waals surface area contributed by atoms with Crippen LogP contribution in [-0.2, 0) is 29.5 Å². The van der Waals surface area contributed by atoms with E-state index in [-0.39, 0.29) is 15.1 Å². The number of β-lactam (4-membered cyclic amide) rings is 1. The van der Waals surface area contributed by atoms with Gasteiger partial charge in [-0.3, -0.25) is 14.1 Å². The number of aliphatic carboxylic acids is 1. The molecule has 5 N–H and O–H groups in total. The Morgan fingerprint density at radius 2 is 2.15 bits per heavy atom. The van der Waals surface area contributed by atoms with E-state index in [1.165, 1.54) is 19.2 Å². The largest absolute Gasteiger partial charge is 0.479 e. The number of carboxylic acid groups (broad SMARTS) is 1. The lowest BCUT2D eigenvalue weighted by atomic mass is 9.85. The van der Waals surface area contributed by atoms with Gasteiger partial charge in [0.05, 0.1) is 5.54 Å². The normalized spacial score (nSPS) is 19.4. The molecule has 0 aromatic carbocycles. The minimum Gasteiger partial charge on any atom is -0.479 e. The maximum Gasteiger partial charge on any atom is 0.362 e. The Bertz CT molecular complexity index is 922. The third-order valence-corrected chi connectivity index (χ3v) is 5.29. The standard InChI is InChI=1S/C12H15N5O8S2/c1-12(2)8(10(21)17(12)27(22,23)24)15-9(20)7(16-25-3-6(18)19)5-4-26-11(13)14-5/h4,8H,3H2,1-2H3,(H2,13,14)(H,15,20)(H,18,19)(H,22,23,24)/b16-7-/t8-/m1/s1. The summed E-state index contributed by atoms with van der Waals surface area (Å²) in [6.45, 7) is 1.79. The third kappa shape index (κ3) is 4.15. The minimum absolute atomic E-state index is 0.0309. The predicted molar refractivity (Wildman–Crippen MR) is 91.1 cm³/mol. The van der Waals surface area contributed by atoms with Gasteiger partial charge in [-0.2, -0.15) is 8.42 Å². The number of amides is 2. The van der Waals surface area contributed by atoms with Gasteiger partial charge in [-0.1, -0.05) is 5.16 Å². The lowest BCUT2D eigenvalue weighted by molar-refractivity contribution is -0.151. The second-order valence-electron chi connectivity index (χ2n) is 5.82. The van der Waals surface area contributed by atoms with E-state index < -0.39 is 52.0 Å². The molecular weight excluding hydrogens is 406 g/mol. The van der Waals surface area contributed by atoms with Gasteiger partial charge in [0.1, 0.15) is 11.7 Å². The van der Waals surface area contributed by atoms with E-state index >= 15 is 0 Å². The van der Waals surface area contributed by atoms with Crippen LogP contribution in [0.2, 0.25) is 0 Å². The van der Waals surface area contributed by atoms with Gasteiger partial charge in [-0.15, -0.1) is 11.3 Å². The summed E-state index contributed by atoms with van der Waals surface area (Å²) in [6, 6.07) is -1.30. The zero-order valence-corrected chi connectivity index (χ0v) is 15.6. The summed E-state index contributed by atoms with van der Waals surface area (Å²) >= 11 is 0.979. The molecule has 1 aromatic rings. The first kappa shape index (κ1) is 20.5. The molecule has 2 heterocycles. The fraction of sp³-hybridized carbons (Fsp3) is 0.417. The lowest BCUT2D eigenvalue weighted by Gasteiger charge is -2.50. The molecule has 13 nitrogen and oxygen atoms in total. The summed E-state index contributed by atoms with van der Waals surface area (Å²) in [5.41, 5.74) is 3.55. The molecule has 0 radical (unpaired) electrons. The average Bonchev–Trinajstić information content (AvgIpc) is 2.93. The van der Waals surface area contributed by atoms with Crippen molar-refractivity contribution in [2.24, 2.45) is 5.16 Å². The molecule has 0 bridgehead atoms. The molecule has 0 aliphatic carbocycles. The zero-order valence-electron chi connectivity index (χ0n) is 13.9. The number of nitrogens with one attached hydrogen (secondary N) is 1. The van der Waals surface area contributed by atoms with E-state index in [1.807, 2.05) is 0 Å². The molecule has 1 aliphatic rings. The zero-order chi connectivity index (χ0) is 20.6. The monoisotopic (exact) mass is 421 g/mol. The smallest absolute Gasteiger partial charge is 0.362 e. The molecule has 1 saturated heterocycles. The van der Waals surface area contributed by atoms with Crippen molar-refractivity contribution in [1.29, 1.82) is 0 Å². The number of oxime groups is 1. The second kappa shape index (κ2) is 7.09. The first-order chi connectivity index (χ1) is 12.4. The summed E-state index contributed by atoms with van der Waals surface area (Å²) in [7, 11) is -4.80. The van der Waals surface area contributed by atoms with Crippen LogP contribution in [0.1, 0.15) is 19.5 Å². The highest BCUT2D eigenvalue weighted by Gasteiger charge is 2.60. The minimum atomic E-state index is -4.80. The van der Waals surface area contributed by atoms with Crippen LogP contribution in [-0.4, -0.2) is 69.0 Å². The Morgan fingerprint density at radius 3 is 2.59 bits per heavy atom. The van der Waals surface area contributed by atoms with Gasteiger partial charge in [0.15, 0.2) is 10.8 Å². The SMILES string of the molecule is CC1(C)[C@H](NC(=O)/C(=N\OCC(=O)O)c2csc(N)n2)C(=O)N1S(=O)(=O)O. The van der Waals surface area contributed by atoms with Gasteiger partial charge in [-0.25, -0.2) is 14.1 Å². The number of rotatable bonds is 7. The molecule has 2 rings (SSSR count). The number of hydrogen-bond donors (Lipinski definition) is 4. The van der Waals surface area contributed by atoms with Crippen molar-refractivity contribution in [3.05, 3.63) is 11.1 Å². The van der Waals surface area contributed by atoms with Crippen LogP contribution >= 0.6 is 11.3 Å². The van der Waals surface area contributed by atoms with E-state index in [1.54, 1.807) is 0 Å². The Hall–Kier alpha value is -2.78. The topological polar surface area (TPSA) is 202 Å². The van der Waals surface area contributed by atoms with E-state index in [2.05, 4.69) is 20.3 Å². The van der Waals surface area contributed by atoms with Gasteiger partial charge in [-0.05, 0) is 13.8 Å². The summed E-state index contributed by atoms with van der Waals surface area (Å²) in [5, 5.41) is 15.7. The molecule has 2 amide bonds. The summed E-state index contributed by atoms with van der Waals surface area (Å²) in [5.74, 6) is -3.37. The number of anilines is 1. The highest BCUT2D eigenvalue weighted by Crippen LogP contribution is 2.34. The van der Waals surface area contributed by atoms with Gasteiger partial charge < -0.3 is 21.0 Å². The van der Waals surface area contributed by atoms with Crippen LogP contribution in [0.25, 0.3) is 0 Å². The van der Waals surface area contributed by atoms with Crippen molar-refractivity contribution in [3.8, 4) is 0 Å². The Morgan fingerprint density at radius 1 is 1.52 bits per heavy atom. The number of aromatic nitrogens is 1. The molecule has 15 heteroatoms. The van der Waals surface area contributed by atoms with Crippen LogP contribution in [0.15, 0.2) is 10.5 Å². The molecule has 1 aromatic heterocycles. The number of hydrogen-bond acceptors (Lipinski definition) is 10. The third-order valence-electron chi connectivity index (χ3n) is 3.51. The van der Waals surface area contributed by atoms with Crippen LogP contribution in [0, 0.1) is 0 Å². The summed E-state index contributed by atoms with van der Waals surface area (Å²) in [4.78, 5) is 43.4. The van der Waals surface area contributed by atoms with Gasteiger partial charge in [0.2, 0.25) is 6.61 Å². The van der Waals surface area contributed by atoms with Crippen molar-refractivity contribution < 1.29 is 37.3 Å². The lowest BCUT2D eigenvalue weighted by Crippen LogP contribution is -2.77. The van der Waals surface area contributed by atoms with Crippen molar-refractivity contribution in [1.82, 2.24) is 14.6 Å². The molecular formula is C12H15N5O8S2. The van der Waals surface area contributed by atoms with Crippen LogP contribution < -0.4 is 11.1 Å². The predicted octanol–water partition coefficient (Wildman–Crippen LogP) is -1.56. The molecule has 0 unspecified atom stereocenters. The first-order valence-corrected chi connectivity index (χ1v) is 9.39. The van der Waals surface area contributed by atoms with Gasteiger partial charge in [0, 0.05) is 5.38 Å². The van der Waals surface area contributed by atoms with Crippen molar-refractivity contribution in [2.45, 2.75) is 25.4 Å². The molecule has 1 fully saturated rings. The fourth-order valence-electron chi connectivity index (χ4n) is 2.36. The van der Waals surface area contributed by atoms with Crippen LogP contribution in [0.3, 0.4) is 0 Å². The highest BCUT2D eigenvalue weighted by molar-refractivity contribution is 7.84.